The van der Waals surface area contributed by atoms with Gasteiger partial charge in [0.1, 0.15) is 0 Å². The van der Waals surface area contributed by atoms with Crippen molar-refractivity contribution in [2.75, 3.05) is 59.4 Å². The number of rotatable bonds is 8. The molecule has 6 heteroatoms. The van der Waals surface area contributed by atoms with E-state index in [1.807, 2.05) is 18.2 Å². The van der Waals surface area contributed by atoms with Crippen molar-refractivity contribution in [2.45, 2.75) is 20.3 Å². The van der Waals surface area contributed by atoms with Crippen molar-refractivity contribution >= 4 is 17.6 Å². The first-order valence-electron chi connectivity index (χ1n) is 9.75. The number of hydrogen-bond acceptors (Lipinski definition) is 3. The summed E-state index contributed by atoms with van der Waals surface area (Å²) in [6.07, 6.45) is 0.890. The van der Waals surface area contributed by atoms with Gasteiger partial charge in [0.2, 0.25) is 0 Å². The maximum absolute atomic E-state index is 6.22. The van der Waals surface area contributed by atoms with Gasteiger partial charge in [0.05, 0.1) is 0 Å². The molecule has 0 radical (unpaired) electrons. The second kappa shape index (κ2) is 11.4. The summed E-state index contributed by atoms with van der Waals surface area (Å²) in [6.45, 7) is 12.7. The minimum Gasteiger partial charge on any atom is -0.357 e. The fourth-order valence-corrected chi connectivity index (χ4v) is 3.36. The van der Waals surface area contributed by atoms with Gasteiger partial charge in [-0.15, -0.1) is 0 Å². The van der Waals surface area contributed by atoms with Crippen LogP contribution in [0.5, 0.6) is 0 Å². The Morgan fingerprint density at radius 2 is 1.92 bits per heavy atom. The third-order valence-corrected chi connectivity index (χ3v) is 5.08. The lowest BCUT2D eigenvalue weighted by Crippen LogP contribution is -2.46. The van der Waals surface area contributed by atoms with Crippen molar-refractivity contribution in [3.8, 4) is 0 Å². The van der Waals surface area contributed by atoms with Gasteiger partial charge in [-0.25, -0.2) is 0 Å². The van der Waals surface area contributed by atoms with E-state index < -0.39 is 0 Å². The van der Waals surface area contributed by atoms with Crippen LogP contribution in [0.1, 0.15) is 19.4 Å². The second-order valence-electron chi connectivity index (χ2n) is 7.20. The lowest BCUT2D eigenvalue weighted by Gasteiger charge is -2.33. The minimum absolute atomic E-state index is 0.553. The Hall–Kier alpha value is -1.30. The van der Waals surface area contributed by atoms with E-state index in [-0.39, 0.29) is 0 Å². The number of hydrogen-bond donors (Lipinski definition) is 2. The Labute approximate surface area is 163 Å². The topological polar surface area (TPSA) is 42.9 Å². The minimum atomic E-state index is 0.553. The second-order valence-corrected chi connectivity index (χ2v) is 7.60. The molecule has 2 N–H and O–H groups in total. The molecule has 0 aromatic heterocycles. The van der Waals surface area contributed by atoms with E-state index in [4.69, 9.17) is 16.6 Å². The fraction of sp³-hybridized carbons (Fsp3) is 0.650. The average Bonchev–Trinajstić information content (AvgIpc) is 2.63. The molecule has 2 rings (SSSR count). The third kappa shape index (κ3) is 7.52. The van der Waals surface area contributed by atoms with E-state index in [1.54, 1.807) is 0 Å². The molecule has 1 aromatic rings. The smallest absolute Gasteiger partial charge is 0.191 e. The standard InChI is InChI=1S/C20H34ClN5/c1-4-22-20(23-10-9-18-7-5-6-8-19(18)21)24-15-17(2)16-26-13-11-25(3)12-14-26/h5-8,17H,4,9-16H2,1-3H3,(H2,22,23,24). The summed E-state index contributed by atoms with van der Waals surface area (Å²) in [4.78, 5) is 9.72. The van der Waals surface area contributed by atoms with Gasteiger partial charge in [-0.1, -0.05) is 36.7 Å². The van der Waals surface area contributed by atoms with Gasteiger partial charge in [0, 0.05) is 57.4 Å². The highest BCUT2D eigenvalue weighted by Crippen LogP contribution is 2.14. The largest absolute Gasteiger partial charge is 0.357 e. The van der Waals surface area contributed by atoms with Crippen molar-refractivity contribution in [1.82, 2.24) is 20.4 Å². The molecule has 1 aromatic carbocycles. The van der Waals surface area contributed by atoms with Crippen LogP contribution < -0.4 is 10.6 Å². The molecule has 1 aliphatic rings. The van der Waals surface area contributed by atoms with Crippen LogP contribution in [0.15, 0.2) is 29.3 Å². The van der Waals surface area contributed by atoms with E-state index in [2.05, 4.69) is 47.4 Å². The quantitative estimate of drug-likeness (QED) is 0.537. The van der Waals surface area contributed by atoms with Crippen molar-refractivity contribution < 1.29 is 0 Å². The molecule has 0 amide bonds. The lowest BCUT2D eigenvalue weighted by atomic mass is 10.1. The van der Waals surface area contributed by atoms with E-state index in [1.165, 1.54) is 31.7 Å². The molecular weight excluding hydrogens is 346 g/mol. The van der Waals surface area contributed by atoms with E-state index in [0.717, 1.165) is 43.6 Å². The molecule has 26 heavy (non-hydrogen) atoms. The number of nitrogens with zero attached hydrogens (tertiary/aromatic N) is 3. The van der Waals surface area contributed by atoms with Crippen LogP contribution in [0.4, 0.5) is 0 Å². The molecule has 1 unspecified atom stereocenters. The number of halogens is 1. The predicted molar refractivity (Wildman–Crippen MR) is 112 cm³/mol. The molecule has 1 atom stereocenters. The fourth-order valence-electron chi connectivity index (χ4n) is 3.13. The summed E-state index contributed by atoms with van der Waals surface area (Å²) in [6, 6.07) is 8.01. The Morgan fingerprint density at radius 1 is 1.19 bits per heavy atom. The summed E-state index contributed by atoms with van der Waals surface area (Å²) in [5, 5.41) is 7.59. The van der Waals surface area contributed by atoms with Gasteiger partial charge >= 0.3 is 0 Å². The van der Waals surface area contributed by atoms with Gasteiger partial charge in [0.15, 0.2) is 5.96 Å². The van der Waals surface area contributed by atoms with Crippen molar-refractivity contribution in [1.29, 1.82) is 0 Å². The summed E-state index contributed by atoms with van der Waals surface area (Å²) < 4.78 is 0. The van der Waals surface area contributed by atoms with Gasteiger partial charge in [-0.3, -0.25) is 4.99 Å². The summed E-state index contributed by atoms with van der Waals surface area (Å²) in [5.74, 6) is 1.45. The van der Waals surface area contributed by atoms with E-state index in [0.29, 0.717) is 5.92 Å². The maximum atomic E-state index is 6.22. The van der Waals surface area contributed by atoms with Crippen molar-refractivity contribution in [3.63, 3.8) is 0 Å². The summed E-state index contributed by atoms with van der Waals surface area (Å²) in [7, 11) is 2.20. The number of likely N-dealkylation sites (N-methyl/N-ethyl adjacent to an activating group) is 1. The van der Waals surface area contributed by atoms with Gasteiger partial charge in [0.25, 0.3) is 0 Å². The number of nitrogens with one attached hydrogen (secondary N) is 2. The highest BCUT2D eigenvalue weighted by molar-refractivity contribution is 6.31. The first-order valence-corrected chi connectivity index (χ1v) is 10.1. The molecule has 1 heterocycles. The molecule has 0 spiro atoms. The molecule has 1 saturated heterocycles. The first-order chi connectivity index (χ1) is 12.6. The first kappa shape index (κ1) is 21.0. The van der Waals surface area contributed by atoms with Crippen LogP contribution in [0.25, 0.3) is 0 Å². The molecule has 1 aliphatic heterocycles. The van der Waals surface area contributed by atoms with Gasteiger partial charge in [-0.05, 0) is 37.9 Å². The molecule has 1 fully saturated rings. The maximum Gasteiger partial charge on any atom is 0.191 e. The number of piperazine rings is 1. The van der Waals surface area contributed by atoms with Gasteiger partial charge < -0.3 is 20.4 Å². The monoisotopic (exact) mass is 379 g/mol. The SMILES string of the molecule is CCNC(=NCC(C)CN1CCN(C)CC1)NCCc1ccccc1Cl. The van der Waals surface area contributed by atoms with Crippen LogP contribution in [0.2, 0.25) is 5.02 Å². The molecule has 0 saturated carbocycles. The molecule has 146 valence electrons. The van der Waals surface area contributed by atoms with Crippen molar-refractivity contribution in [3.05, 3.63) is 34.9 Å². The highest BCUT2D eigenvalue weighted by Gasteiger charge is 2.15. The van der Waals surface area contributed by atoms with Crippen LogP contribution in [0, 0.1) is 5.92 Å². The number of benzene rings is 1. The van der Waals surface area contributed by atoms with E-state index >= 15 is 0 Å². The van der Waals surface area contributed by atoms with Crippen LogP contribution in [0.3, 0.4) is 0 Å². The van der Waals surface area contributed by atoms with Gasteiger partial charge in [-0.2, -0.15) is 0 Å². The van der Waals surface area contributed by atoms with Crippen LogP contribution >= 0.6 is 11.6 Å². The predicted octanol–water partition coefficient (Wildman–Crippen LogP) is 2.32. The molecular formula is C20H34ClN5. The zero-order valence-electron chi connectivity index (χ0n) is 16.5. The van der Waals surface area contributed by atoms with E-state index in [9.17, 15) is 0 Å². The zero-order chi connectivity index (χ0) is 18.8. The Morgan fingerprint density at radius 3 is 2.62 bits per heavy atom. The Bertz CT molecular complexity index is 555. The third-order valence-electron chi connectivity index (χ3n) is 4.72. The van der Waals surface area contributed by atoms with Crippen LogP contribution in [-0.2, 0) is 6.42 Å². The number of guanidine groups is 1. The normalized spacial score (nSPS) is 17.9. The molecule has 5 nitrogen and oxygen atoms in total. The molecule has 0 bridgehead atoms. The van der Waals surface area contributed by atoms with Crippen molar-refractivity contribution in [2.24, 2.45) is 10.9 Å². The summed E-state index contributed by atoms with van der Waals surface area (Å²) in [5.41, 5.74) is 1.17. The highest BCUT2D eigenvalue weighted by atomic mass is 35.5. The zero-order valence-corrected chi connectivity index (χ0v) is 17.2. The summed E-state index contributed by atoms with van der Waals surface area (Å²) >= 11 is 6.22. The molecule has 0 aliphatic carbocycles. The lowest BCUT2D eigenvalue weighted by molar-refractivity contribution is 0.140. The average molecular weight is 380 g/mol. The van der Waals surface area contributed by atoms with Crippen LogP contribution in [-0.4, -0.2) is 75.2 Å². The number of aliphatic imine (C=N–C) groups is 1. The Balaban J connectivity index is 1.75. The Kier molecular flexibility index (Phi) is 9.23.